The molecular weight excluding hydrogens is 270 g/mol. The summed E-state index contributed by atoms with van der Waals surface area (Å²) in [4.78, 5) is 27.7. The number of carboxylic acid groups (broad SMARTS) is 1. The normalized spacial score (nSPS) is 19.7. The Morgan fingerprint density at radius 3 is 2.81 bits per heavy atom. The van der Waals surface area contributed by atoms with Gasteiger partial charge in [-0.3, -0.25) is 4.79 Å². The molecule has 0 fully saturated rings. The van der Waals surface area contributed by atoms with Crippen LogP contribution >= 0.6 is 0 Å². The van der Waals surface area contributed by atoms with E-state index in [-0.39, 0.29) is 11.6 Å². The number of benzene rings is 1. The number of rotatable bonds is 2. The number of fused-ring (bicyclic) bond motifs is 1. The fourth-order valence-corrected chi connectivity index (χ4v) is 2.82. The molecule has 1 unspecified atom stereocenters. The van der Waals surface area contributed by atoms with Crippen molar-refractivity contribution < 1.29 is 14.7 Å². The minimum Gasteiger partial charge on any atom is -0.477 e. The number of carbonyl (C=O) groups excluding carboxylic acids is 1. The second kappa shape index (κ2) is 4.44. The van der Waals surface area contributed by atoms with Crippen molar-refractivity contribution in [2.45, 2.75) is 19.9 Å². The highest BCUT2D eigenvalue weighted by molar-refractivity contribution is 5.99. The molecule has 1 atom stereocenters. The molecule has 1 aromatic heterocycles. The van der Waals surface area contributed by atoms with Gasteiger partial charge in [0, 0.05) is 5.69 Å². The molecule has 6 heteroatoms. The number of aromatic carboxylic acids is 1. The summed E-state index contributed by atoms with van der Waals surface area (Å²) in [5, 5.41) is 12.2. The quantitative estimate of drug-likeness (QED) is 0.885. The minimum atomic E-state index is -1.06. The molecule has 1 aliphatic rings. The maximum Gasteiger partial charge on any atom is 0.354 e. The number of imidazole rings is 1. The smallest absolute Gasteiger partial charge is 0.354 e. The Kier molecular flexibility index (Phi) is 2.83. The van der Waals surface area contributed by atoms with Gasteiger partial charge in [-0.25, -0.2) is 9.78 Å². The van der Waals surface area contributed by atoms with Gasteiger partial charge in [0.1, 0.15) is 5.69 Å². The van der Waals surface area contributed by atoms with Crippen LogP contribution in [0.25, 0.3) is 0 Å². The largest absolute Gasteiger partial charge is 0.477 e. The van der Waals surface area contributed by atoms with Crippen LogP contribution in [0.1, 0.15) is 35.9 Å². The average molecular weight is 285 g/mol. The highest BCUT2D eigenvalue weighted by Crippen LogP contribution is 2.44. The van der Waals surface area contributed by atoms with Gasteiger partial charge in [0.05, 0.1) is 24.0 Å². The second-order valence-electron chi connectivity index (χ2n) is 5.66. The Labute approximate surface area is 121 Å². The van der Waals surface area contributed by atoms with Crippen molar-refractivity contribution >= 4 is 17.6 Å². The van der Waals surface area contributed by atoms with Gasteiger partial charge in [0.2, 0.25) is 5.91 Å². The van der Waals surface area contributed by atoms with Crippen LogP contribution in [0, 0.1) is 5.41 Å². The third-order valence-electron chi connectivity index (χ3n) is 3.94. The SMILES string of the molecule is CC1(C)C(=O)Nc2ccccc2C1n1cncc1C(=O)O. The molecule has 6 nitrogen and oxygen atoms in total. The van der Waals surface area contributed by atoms with E-state index < -0.39 is 17.4 Å². The zero-order valence-corrected chi connectivity index (χ0v) is 11.7. The van der Waals surface area contributed by atoms with Crippen LogP contribution in [0.2, 0.25) is 0 Å². The Balaban J connectivity index is 2.25. The Morgan fingerprint density at radius 1 is 1.38 bits per heavy atom. The number of aromatic nitrogens is 2. The van der Waals surface area contributed by atoms with Crippen molar-refractivity contribution in [3.05, 3.63) is 48.0 Å². The van der Waals surface area contributed by atoms with Crippen LogP contribution in [0.3, 0.4) is 0 Å². The molecule has 21 heavy (non-hydrogen) atoms. The molecule has 0 radical (unpaired) electrons. The van der Waals surface area contributed by atoms with E-state index in [2.05, 4.69) is 10.3 Å². The number of amides is 1. The molecule has 2 N–H and O–H groups in total. The zero-order chi connectivity index (χ0) is 15.2. The summed E-state index contributed by atoms with van der Waals surface area (Å²) in [5.41, 5.74) is 0.858. The number of anilines is 1. The maximum atomic E-state index is 12.4. The summed E-state index contributed by atoms with van der Waals surface area (Å²) in [5.74, 6) is -1.21. The number of hydrogen-bond acceptors (Lipinski definition) is 3. The lowest BCUT2D eigenvalue weighted by Crippen LogP contribution is -2.44. The van der Waals surface area contributed by atoms with Crippen molar-refractivity contribution in [2.75, 3.05) is 5.32 Å². The predicted molar refractivity (Wildman–Crippen MR) is 76.2 cm³/mol. The van der Waals surface area contributed by atoms with Gasteiger partial charge < -0.3 is 15.0 Å². The molecular formula is C15H15N3O3. The van der Waals surface area contributed by atoms with E-state index in [9.17, 15) is 14.7 Å². The Hall–Kier alpha value is -2.63. The van der Waals surface area contributed by atoms with E-state index in [4.69, 9.17) is 0 Å². The molecule has 3 rings (SSSR count). The first kappa shape index (κ1) is 13.4. The summed E-state index contributed by atoms with van der Waals surface area (Å²) in [7, 11) is 0. The van der Waals surface area contributed by atoms with E-state index in [0.29, 0.717) is 5.69 Å². The number of carbonyl (C=O) groups is 2. The summed E-state index contributed by atoms with van der Waals surface area (Å²) >= 11 is 0. The maximum absolute atomic E-state index is 12.4. The lowest BCUT2D eigenvalue weighted by atomic mass is 9.76. The van der Waals surface area contributed by atoms with E-state index in [0.717, 1.165) is 5.56 Å². The molecule has 1 aromatic carbocycles. The number of hydrogen-bond donors (Lipinski definition) is 2. The number of carboxylic acids is 1. The summed E-state index contributed by atoms with van der Waals surface area (Å²) in [6.07, 6.45) is 2.76. The van der Waals surface area contributed by atoms with Crippen LogP contribution in [-0.4, -0.2) is 26.5 Å². The lowest BCUT2D eigenvalue weighted by molar-refractivity contribution is -0.126. The standard InChI is InChI=1S/C15H15N3O3/c1-15(2)12(18-8-16-7-11(18)13(19)20)9-5-3-4-6-10(9)17-14(15)21/h3-8,12H,1-2H3,(H,17,21)(H,19,20). The number of nitrogens with one attached hydrogen (secondary N) is 1. The average Bonchev–Trinajstić information content (AvgIpc) is 2.89. The van der Waals surface area contributed by atoms with Crippen LogP contribution in [0.4, 0.5) is 5.69 Å². The third-order valence-corrected chi connectivity index (χ3v) is 3.94. The van der Waals surface area contributed by atoms with E-state index in [1.165, 1.54) is 12.5 Å². The van der Waals surface area contributed by atoms with Crippen molar-refractivity contribution in [3.63, 3.8) is 0 Å². The van der Waals surface area contributed by atoms with E-state index in [1.807, 2.05) is 24.3 Å². The van der Waals surface area contributed by atoms with Crippen LogP contribution < -0.4 is 5.32 Å². The molecule has 108 valence electrons. The van der Waals surface area contributed by atoms with Crippen molar-refractivity contribution in [1.29, 1.82) is 0 Å². The van der Waals surface area contributed by atoms with Gasteiger partial charge in [-0.15, -0.1) is 0 Å². The first-order valence-corrected chi connectivity index (χ1v) is 6.58. The Morgan fingerprint density at radius 2 is 2.10 bits per heavy atom. The highest BCUT2D eigenvalue weighted by atomic mass is 16.4. The zero-order valence-electron chi connectivity index (χ0n) is 11.7. The molecule has 0 bridgehead atoms. The molecule has 1 amide bonds. The minimum absolute atomic E-state index is 0.0672. The van der Waals surface area contributed by atoms with Gasteiger partial charge in [-0.05, 0) is 25.5 Å². The van der Waals surface area contributed by atoms with Gasteiger partial charge in [-0.2, -0.15) is 0 Å². The predicted octanol–water partition coefficient (Wildman–Crippen LogP) is 2.15. The van der Waals surface area contributed by atoms with Crippen LogP contribution in [0.5, 0.6) is 0 Å². The number of nitrogens with zero attached hydrogens (tertiary/aromatic N) is 2. The summed E-state index contributed by atoms with van der Waals surface area (Å²) in [6.45, 7) is 3.60. The van der Waals surface area contributed by atoms with Crippen LogP contribution in [-0.2, 0) is 4.79 Å². The second-order valence-corrected chi connectivity index (χ2v) is 5.66. The monoisotopic (exact) mass is 285 g/mol. The van der Waals surface area contributed by atoms with E-state index in [1.54, 1.807) is 18.4 Å². The number of para-hydroxylation sites is 1. The van der Waals surface area contributed by atoms with Crippen molar-refractivity contribution in [2.24, 2.45) is 5.41 Å². The van der Waals surface area contributed by atoms with Crippen molar-refractivity contribution in [3.8, 4) is 0 Å². The van der Waals surface area contributed by atoms with Gasteiger partial charge >= 0.3 is 5.97 Å². The molecule has 2 aromatic rings. The molecule has 0 aliphatic carbocycles. The molecule has 0 saturated heterocycles. The van der Waals surface area contributed by atoms with Gasteiger partial charge in [0.15, 0.2) is 0 Å². The first-order valence-electron chi connectivity index (χ1n) is 6.58. The molecule has 2 heterocycles. The Bertz CT molecular complexity index is 733. The fourth-order valence-electron chi connectivity index (χ4n) is 2.82. The fraction of sp³-hybridized carbons (Fsp3) is 0.267. The van der Waals surface area contributed by atoms with E-state index >= 15 is 0 Å². The topological polar surface area (TPSA) is 84.2 Å². The molecule has 0 saturated carbocycles. The van der Waals surface area contributed by atoms with Gasteiger partial charge in [0.25, 0.3) is 0 Å². The summed E-state index contributed by atoms with van der Waals surface area (Å²) < 4.78 is 1.56. The first-order chi connectivity index (χ1) is 9.93. The summed E-state index contributed by atoms with van der Waals surface area (Å²) in [6, 6.07) is 6.99. The lowest BCUT2D eigenvalue weighted by Gasteiger charge is -2.39. The molecule has 0 spiro atoms. The van der Waals surface area contributed by atoms with Crippen molar-refractivity contribution in [1.82, 2.24) is 9.55 Å². The third kappa shape index (κ3) is 1.91. The van der Waals surface area contributed by atoms with Crippen LogP contribution in [0.15, 0.2) is 36.8 Å². The highest BCUT2D eigenvalue weighted by Gasteiger charge is 2.44. The molecule has 1 aliphatic heterocycles. The van der Waals surface area contributed by atoms with Gasteiger partial charge in [-0.1, -0.05) is 18.2 Å².